The van der Waals surface area contributed by atoms with Crippen molar-refractivity contribution in [1.29, 1.82) is 5.26 Å². The van der Waals surface area contributed by atoms with Crippen molar-refractivity contribution in [2.75, 3.05) is 31.1 Å². The zero-order chi connectivity index (χ0) is 23.1. The fraction of sp³-hybridized carbons (Fsp3) is 0.625. The smallest absolute Gasteiger partial charge is 0.410 e. The van der Waals surface area contributed by atoms with Crippen molar-refractivity contribution in [3.63, 3.8) is 0 Å². The highest BCUT2D eigenvalue weighted by atomic mass is 16.6. The summed E-state index contributed by atoms with van der Waals surface area (Å²) in [6.45, 7) is 16.1. The monoisotopic (exact) mass is 426 g/mol. The van der Waals surface area contributed by atoms with Crippen LogP contribution in [0.3, 0.4) is 0 Å². The number of ether oxygens (including phenoxy) is 1. The number of anilines is 1. The Bertz CT molecular complexity index is 912. The molecule has 31 heavy (non-hydrogen) atoms. The summed E-state index contributed by atoms with van der Waals surface area (Å²) in [4.78, 5) is 31.7. The van der Waals surface area contributed by atoms with Crippen molar-refractivity contribution in [1.82, 2.24) is 9.80 Å². The van der Waals surface area contributed by atoms with E-state index in [9.17, 15) is 14.9 Å². The third-order valence-electron chi connectivity index (χ3n) is 6.16. The molecule has 3 rings (SSSR count). The van der Waals surface area contributed by atoms with Crippen LogP contribution < -0.4 is 4.90 Å². The molecule has 0 N–H and O–H groups in total. The number of carbonyl (C=O) groups excluding carboxylic acids is 2. The van der Waals surface area contributed by atoms with E-state index in [4.69, 9.17) is 4.74 Å². The van der Waals surface area contributed by atoms with Crippen LogP contribution in [-0.4, -0.2) is 65.7 Å². The molecular formula is C24H34N4O3. The van der Waals surface area contributed by atoms with Gasteiger partial charge in [-0.1, -0.05) is 19.9 Å². The molecule has 2 aliphatic heterocycles. The molecule has 0 spiro atoms. The molecule has 1 unspecified atom stereocenters. The van der Waals surface area contributed by atoms with Crippen molar-refractivity contribution in [2.45, 2.75) is 71.6 Å². The second kappa shape index (κ2) is 8.16. The Morgan fingerprint density at radius 1 is 1.26 bits per heavy atom. The fourth-order valence-electron chi connectivity index (χ4n) is 4.47. The number of hydrogen-bond donors (Lipinski definition) is 0. The lowest BCUT2D eigenvalue weighted by atomic mass is 9.87. The third-order valence-corrected chi connectivity index (χ3v) is 6.16. The number of amides is 2. The van der Waals surface area contributed by atoms with Crippen molar-refractivity contribution < 1.29 is 14.3 Å². The standard InChI is InChI=1S/C24H34N4O3/c1-16-14-26(10-11-27(16)22(30)31-23(3,4)5)17(2)21(29)28-15-24(6,7)19-9-8-18(13-25)12-20(19)28/h8-9,12,16-17H,10-11,14-15H2,1-7H3/t16-,17?/m1/s1. The quantitative estimate of drug-likeness (QED) is 0.723. The molecule has 1 fully saturated rings. The first kappa shape index (κ1) is 23.1. The SMILES string of the molecule is CC(C(=O)N1CC(C)(C)c2ccc(C#N)cc21)N1CCN(C(=O)OC(C)(C)C)[C@H](C)C1. The number of piperazine rings is 1. The van der Waals surface area contributed by atoms with Gasteiger partial charge < -0.3 is 14.5 Å². The van der Waals surface area contributed by atoms with E-state index in [1.165, 1.54) is 0 Å². The van der Waals surface area contributed by atoms with E-state index in [0.29, 0.717) is 31.7 Å². The minimum absolute atomic E-state index is 0.0276. The van der Waals surface area contributed by atoms with Crippen molar-refractivity contribution in [3.05, 3.63) is 29.3 Å². The van der Waals surface area contributed by atoms with E-state index < -0.39 is 5.60 Å². The van der Waals surface area contributed by atoms with E-state index >= 15 is 0 Å². The summed E-state index contributed by atoms with van der Waals surface area (Å²) in [6.07, 6.45) is -0.308. The van der Waals surface area contributed by atoms with Crippen LogP contribution in [0.15, 0.2) is 18.2 Å². The molecule has 0 saturated carbocycles. The molecule has 2 atom stereocenters. The zero-order valence-electron chi connectivity index (χ0n) is 19.7. The molecule has 2 amide bonds. The molecule has 1 saturated heterocycles. The largest absolute Gasteiger partial charge is 0.444 e. The molecular weight excluding hydrogens is 392 g/mol. The molecule has 0 aromatic heterocycles. The van der Waals surface area contributed by atoms with Gasteiger partial charge >= 0.3 is 6.09 Å². The van der Waals surface area contributed by atoms with Gasteiger partial charge in [0.25, 0.3) is 0 Å². The first-order valence-electron chi connectivity index (χ1n) is 10.9. The number of nitrogens with zero attached hydrogens (tertiary/aromatic N) is 4. The predicted molar refractivity (Wildman–Crippen MR) is 120 cm³/mol. The summed E-state index contributed by atoms with van der Waals surface area (Å²) in [6, 6.07) is 7.40. The van der Waals surface area contributed by atoms with Gasteiger partial charge in [0, 0.05) is 43.3 Å². The van der Waals surface area contributed by atoms with Crippen molar-refractivity contribution in [2.24, 2.45) is 0 Å². The Morgan fingerprint density at radius 3 is 2.52 bits per heavy atom. The van der Waals surface area contributed by atoms with Crippen LogP contribution >= 0.6 is 0 Å². The van der Waals surface area contributed by atoms with Gasteiger partial charge in [-0.05, 0) is 52.3 Å². The number of carbonyl (C=O) groups is 2. The van der Waals surface area contributed by atoms with Crippen LogP contribution in [0.25, 0.3) is 0 Å². The number of hydrogen-bond acceptors (Lipinski definition) is 5. The van der Waals surface area contributed by atoms with Crippen LogP contribution in [0.5, 0.6) is 0 Å². The van der Waals surface area contributed by atoms with Gasteiger partial charge in [0.15, 0.2) is 0 Å². The first-order chi connectivity index (χ1) is 14.3. The minimum Gasteiger partial charge on any atom is -0.444 e. The highest BCUT2D eigenvalue weighted by molar-refractivity contribution is 5.99. The molecule has 0 aliphatic carbocycles. The van der Waals surface area contributed by atoms with Crippen LogP contribution in [-0.2, 0) is 14.9 Å². The summed E-state index contributed by atoms with van der Waals surface area (Å²) >= 11 is 0. The maximum Gasteiger partial charge on any atom is 0.410 e. The van der Waals surface area contributed by atoms with E-state index in [0.717, 1.165) is 11.3 Å². The molecule has 7 heteroatoms. The average molecular weight is 427 g/mol. The van der Waals surface area contributed by atoms with Crippen molar-refractivity contribution >= 4 is 17.7 Å². The first-order valence-corrected chi connectivity index (χ1v) is 10.9. The zero-order valence-corrected chi connectivity index (χ0v) is 19.7. The Morgan fingerprint density at radius 2 is 1.94 bits per heavy atom. The van der Waals surface area contributed by atoms with Crippen LogP contribution in [0.1, 0.15) is 59.6 Å². The summed E-state index contributed by atoms with van der Waals surface area (Å²) in [5, 5.41) is 9.30. The average Bonchev–Trinajstić information content (AvgIpc) is 2.95. The summed E-state index contributed by atoms with van der Waals surface area (Å²) in [7, 11) is 0. The Labute approximate surface area is 185 Å². The van der Waals surface area contributed by atoms with E-state index in [-0.39, 0.29) is 29.5 Å². The highest BCUT2D eigenvalue weighted by Gasteiger charge is 2.41. The molecule has 0 bridgehead atoms. The molecule has 2 aliphatic rings. The topological polar surface area (TPSA) is 76.9 Å². The summed E-state index contributed by atoms with van der Waals surface area (Å²) in [5.74, 6) is 0.0276. The van der Waals surface area contributed by atoms with Gasteiger partial charge in [-0.25, -0.2) is 4.79 Å². The van der Waals surface area contributed by atoms with Gasteiger partial charge in [-0.3, -0.25) is 9.69 Å². The summed E-state index contributed by atoms with van der Waals surface area (Å²) in [5.41, 5.74) is 1.79. The molecule has 2 heterocycles. The number of fused-ring (bicyclic) bond motifs is 1. The number of benzene rings is 1. The maximum absolute atomic E-state index is 13.5. The Hall–Kier alpha value is -2.59. The lowest BCUT2D eigenvalue weighted by Gasteiger charge is -2.42. The molecule has 0 radical (unpaired) electrons. The molecule has 1 aromatic rings. The highest BCUT2D eigenvalue weighted by Crippen LogP contribution is 2.41. The van der Waals surface area contributed by atoms with E-state index in [1.807, 2.05) is 57.7 Å². The van der Waals surface area contributed by atoms with E-state index in [1.54, 1.807) is 4.90 Å². The normalized spacial score (nSPS) is 21.9. The fourth-order valence-corrected chi connectivity index (χ4v) is 4.47. The van der Waals surface area contributed by atoms with Crippen LogP contribution in [0.2, 0.25) is 0 Å². The summed E-state index contributed by atoms with van der Waals surface area (Å²) < 4.78 is 5.52. The molecule has 7 nitrogen and oxygen atoms in total. The third kappa shape index (κ3) is 4.69. The predicted octanol–water partition coefficient (Wildman–Crippen LogP) is 3.51. The second-order valence-electron chi connectivity index (χ2n) is 10.3. The van der Waals surface area contributed by atoms with Gasteiger partial charge in [0.1, 0.15) is 5.60 Å². The number of nitriles is 1. The van der Waals surface area contributed by atoms with E-state index in [2.05, 4.69) is 24.8 Å². The minimum atomic E-state index is -0.532. The Balaban J connectivity index is 1.72. The molecule has 1 aromatic carbocycles. The second-order valence-corrected chi connectivity index (χ2v) is 10.3. The maximum atomic E-state index is 13.5. The van der Waals surface area contributed by atoms with Gasteiger partial charge in [-0.15, -0.1) is 0 Å². The molecule has 168 valence electrons. The Kier molecular flexibility index (Phi) is 6.07. The van der Waals surface area contributed by atoms with Crippen LogP contribution in [0.4, 0.5) is 10.5 Å². The van der Waals surface area contributed by atoms with Crippen LogP contribution in [0, 0.1) is 11.3 Å². The van der Waals surface area contributed by atoms with Gasteiger partial charge in [0.05, 0.1) is 17.7 Å². The lowest BCUT2D eigenvalue weighted by Crippen LogP contribution is -2.59. The van der Waals surface area contributed by atoms with Crippen molar-refractivity contribution in [3.8, 4) is 6.07 Å². The lowest BCUT2D eigenvalue weighted by molar-refractivity contribution is -0.124. The van der Waals surface area contributed by atoms with Gasteiger partial charge in [0.2, 0.25) is 5.91 Å². The van der Waals surface area contributed by atoms with Gasteiger partial charge in [-0.2, -0.15) is 5.26 Å². The number of rotatable bonds is 2.